The van der Waals surface area contributed by atoms with Gasteiger partial charge in [0.15, 0.2) is 0 Å². The summed E-state index contributed by atoms with van der Waals surface area (Å²) in [6, 6.07) is 12.5. The van der Waals surface area contributed by atoms with E-state index < -0.39 is 5.60 Å². The van der Waals surface area contributed by atoms with Gasteiger partial charge >= 0.3 is 6.09 Å². The van der Waals surface area contributed by atoms with E-state index in [2.05, 4.69) is 59.0 Å². The molecule has 6 fully saturated rings. The van der Waals surface area contributed by atoms with E-state index in [1.165, 1.54) is 35.3 Å². The van der Waals surface area contributed by atoms with Crippen LogP contribution in [-0.2, 0) is 27.4 Å². The number of likely N-dealkylation sites (tertiary alicyclic amines) is 2. The van der Waals surface area contributed by atoms with E-state index in [0.717, 1.165) is 153 Å². The summed E-state index contributed by atoms with van der Waals surface area (Å²) in [7, 11) is 0. The third-order valence-electron chi connectivity index (χ3n) is 13.3. The molecule has 6 aliphatic heterocycles. The predicted octanol–water partition coefficient (Wildman–Crippen LogP) is 6.82. The average Bonchev–Trinajstić information content (AvgIpc) is 4.02. The van der Waals surface area contributed by atoms with Crippen LogP contribution in [0.4, 0.5) is 16.2 Å². The first-order valence-electron chi connectivity index (χ1n) is 23.2. The van der Waals surface area contributed by atoms with E-state index in [-0.39, 0.29) is 17.9 Å². The summed E-state index contributed by atoms with van der Waals surface area (Å²) >= 11 is 12.7. The number of hydrogen-bond acceptors (Lipinski definition) is 9. The number of anilines is 2. The highest BCUT2D eigenvalue weighted by atomic mass is 35.5. The molecule has 3 amide bonds. The van der Waals surface area contributed by atoms with Crippen LogP contribution in [0.5, 0.6) is 0 Å². The molecule has 0 aliphatic carbocycles. The second-order valence-corrected chi connectivity index (χ2v) is 19.8. The number of carbonyl (C=O) groups is 3. The lowest BCUT2D eigenvalue weighted by atomic mass is 9.94. The first-order valence-corrected chi connectivity index (χ1v) is 23.9. The van der Waals surface area contributed by atoms with Crippen molar-refractivity contribution in [2.45, 2.75) is 90.8 Å². The lowest BCUT2D eigenvalue weighted by molar-refractivity contribution is -0.135. The fourth-order valence-electron chi connectivity index (χ4n) is 9.82. The summed E-state index contributed by atoms with van der Waals surface area (Å²) in [5.41, 5.74) is 4.56. The number of hydrogen-bond donors (Lipinski definition) is 1. The van der Waals surface area contributed by atoms with Crippen molar-refractivity contribution in [3.8, 4) is 0 Å². The van der Waals surface area contributed by atoms with E-state index in [9.17, 15) is 14.4 Å². The van der Waals surface area contributed by atoms with Crippen molar-refractivity contribution >= 4 is 52.5 Å². The topological polar surface area (TPSA) is 95.1 Å². The summed E-state index contributed by atoms with van der Waals surface area (Å²) in [6.45, 7) is 22.2. The van der Waals surface area contributed by atoms with Crippen molar-refractivity contribution in [3.63, 3.8) is 0 Å². The van der Waals surface area contributed by atoms with Gasteiger partial charge in [-0.1, -0.05) is 35.3 Å². The van der Waals surface area contributed by atoms with Crippen LogP contribution in [0.1, 0.15) is 83.3 Å². The lowest BCUT2D eigenvalue weighted by Crippen LogP contribution is -2.49. The van der Waals surface area contributed by atoms with Crippen LogP contribution in [0.15, 0.2) is 36.4 Å². The Hall–Kier alpha value is -3.29. The smallest absolute Gasteiger partial charge is 0.410 e. The number of halogens is 2. The lowest BCUT2D eigenvalue weighted by Gasteiger charge is -2.38. The zero-order valence-electron chi connectivity index (χ0n) is 37.0. The van der Waals surface area contributed by atoms with Gasteiger partial charge in [-0.15, -0.1) is 0 Å². The quantitative estimate of drug-likeness (QED) is 0.307. The Balaban J connectivity index is 0.000000189. The van der Waals surface area contributed by atoms with Crippen molar-refractivity contribution in [1.29, 1.82) is 0 Å². The van der Waals surface area contributed by atoms with E-state index in [0.29, 0.717) is 24.9 Å². The van der Waals surface area contributed by atoms with E-state index in [4.69, 9.17) is 27.9 Å². The number of rotatable bonds is 8. The number of piperazine rings is 2. The molecule has 0 aromatic heterocycles. The van der Waals surface area contributed by atoms with Crippen molar-refractivity contribution in [2.75, 3.05) is 115 Å². The molecule has 14 heteroatoms. The highest BCUT2D eigenvalue weighted by Gasteiger charge is 2.33. The number of benzene rings is 2. The maximum atomic E-state index is 12.8. The van der Waals surface area contributed by atoms with E-state index in [1.807, 2.05) is 32.9 Å². The molecular formula is C47H70Cl2N8O4. The normalized spacial score (nSPS) is 21.4. The van der Waals surface area contributed by atoms with Gasteiger partial charge in [-0.2, -0.15) is 0 Å². The monoisotopic (exact) mass is 880 g/mol. The molecular weight excluding hydrogens is 811 g/mol. The molecule has 2 aromatic carbocycles. The largest absolute Gasteiger partial charge is 0.444 e. The summed E-state index contributed by atoms with van der Waals surface area (Å²) in [5, 5.41) is 4.95. The Bertz CT molecular complexity index is 1770. The van der Waals surface area contributed by atoms with Gasteiger partial charge < -0.3 is 34.6 Å². The zero-order valence-corrected chi connectivity index (χ0v) is 38.5. The van der Waals surface area contributed by atoms with Gasteiger partial charge in [0.05, 0.1) is 0 Å². The van der Waals surface area contributed by atoms with Crippen molar-refractivity contribution in [3.05, 3.63) is 57.6 Å². The van der Waals surface area contributed by atoms with Gasteiger partial charge in [0.2, 0.25) is 11.8 Å². The Labute approximate surface area is 374 Å². The average molecular weight is 882 g/mol. The number of piperidine rings is 2. The van der Waals surface area contributed by atoms with Crippen molar-refractivity contribution in [1.82, 2.24) is 29.8 Å². The molecule has 2 aromatic rings. The Morgan fingerprint density at radius 1 is 0.574 bits per heavy atom. The zero-order chi connectivity index (χ0) is 42.9. The standard InChI is InChI=1S/C26H39ClN4O3.C21H31ClN4O/c1-26(2,3)34-25(33)31-16-14-28(15-17-31)19-21-6-7-22(27)18-23(21)29-12-8-20(9-13-29)24(32)30-10-4-5-11-30;22-19-4-3-18(16-24-13-7-23-8-14-24)20(15-19)25-11-5-17(6-12-25)21(27)26-9-1-2-10-26/h6-7,18,20H,4-5,8-17,19H2,1-3H3;3-4,15,17,23H,1-2,5-14,16H2. The van der Waals surface area contributed by atoms with Gasteiger partial charge in [-0.25, -0.2) is 4.79 Å². The third-order valence-corrected chi connectivity index (χ3v) is 13.8. The number of nitrogens with one attached hydrogen (secondary N) is 1. The van der Waals surface area contributed by atoms with Crippen LogP contribution >= 0.6 is 23.2 Å². The summed E-state index contributed by atoms with van der Waals surface area (Å²) in [6.07, 6.45) is 8.09. The second kappa shape index (κ2) is 21.4. The molecule has 6 aliphatic rings. The fourth-order valence-corrected chi connectivity index (χ4v) is 10.2. The minimum Gasteiger partial charge on any atom is -0.444 e. The molecule has 6 heterocycles. The van der Waals surface area contributed by atoms with Crippen LogP contribution in [0, 0.1) is 11.8 Å². The van der Waals surface area contributed by atoms with Crippen LogP contribution in [0.3, 0.4) is 0 Å². The molecule has 0 saturated carbocycles. The Kier molecular flexibility index (Phi) is 16.0. The molecule has 6 saturated heterocycles. The highest BCUT2D eigenvalue weighted by molar-refractivity contribution is 6.31. The first-order chi connectivity index (χ1) is 29.4. The fraction of sp³-hybridized carbons (Fsp3) is 0.681. The third kappa shape index (κ3) is 12.7. The van der Waals surface area contributed by atoms with Crippen LogP contribution in [-0.4, -0.2) is 153 Å². The molecule has 8 rings (SSSR count). The van der Waals surface area contributed by atoms with Gasteiger partial charge in [0.25, 0.3) is 0 Å². The molecule has 0 atom stereocenters. The van der Waals surface area contributed by atoms with Crippen molar-refractivity contribution < 1.29 is 19.1 Å². The molecule has 336 valence electrons. The Morgan fingerprint density at radius 2 is 0.984 bits per heavy atom. The summed E-state index contributed by atoms with van der Waals surface area (Å²) in [5.74, 6) is 1.10. The maximum absolute atomic E-state index is 12.8. The minimum atomic E-state index is -0.473. The summed E-state index contributed by atoms with van der Waals surface area (Å²) in [4.78, 5) is 53.6. The first kappa shape index (κ1) is 45.7. The minimum absolute atomic E-state index is 0.151. The van der Waals surface area contributed by atoms with Crippen LogP contribution in [0.25, 0.3) is 0 Å². The predicted molar refractivity (Wildman–Crippen MR) is 246 cm³/mol. The van der Waals surface area contributed by atoms with Crippen molar-refractivity contribution in [2.24, 2.45) is 11.8 Å². The van der Waals surface area contributed by atoms with E-state index in [1.54, 1.807) is 4.90 Å². The van der Waals surface area contributed by atoms with Crippen LogP contribution < -0.4 is 15.1 Å². The number of nitrogens with zero attached hydrogens (tertiary/aromatic N) is 7. The van der Waals surface area contributed by atoms with Gasteiger partial charge in [0, 0.05) is 151 Å². The molecule has 0 unspecified atom stereocenters. The number of amides is 3. The number of ether oxygens (including phenoxy) is 1. The molecule has 0 radical (unpaired) electrons. The number of carbonyl (C=O) groups excluding carboxylic acids is 3. The van der Waals surface area contributed by atoms with Gasteiger partial charge in [0.1, 0.15) is 5.60 Å². The molecule has 61 heavy (non-hydrogen) atoms. The molecule has 0 spiro atoms. The summed E-state index contributed by atoms with van der Waals surface area (Å²) < 4.78 is 5.52. The molecule has 12 nitrogen and oxygen atoms in total. The van der Waals surface area contributed by atoms with Gasteiger partial charge in [-0.3, -0.25) is 19.4 Å². The van der Waals surface area contributed by atoms with E-state index >= 15 is 0 Å². The SMILES string of the molecule is CC(C)(C)OC(=O)N1CCN(Cc2ccc(Cl)cc2N2CCC(C(=O)N3CCCC3)CC2)CC1.O=C(C1CCN(c2cc(Cl)ccc2CN2CCNCC2)CC1)N1CCCC1. The highest BCUT2D eigenvalue weighted by Crippen LogP contribution is 2.33. The molecule has 1 N–H and O–H groups in total. The second-order valence-electron chi connectivity index (χ2n) is 18.9. The van der Waals surface area contributed by atoms with Crippen LogP contribution in [0.2, 0.25) is 10.0 Å². The Morgan fingerprint density at radius 3 is 1.39 bits per heavy atom. The van der Waals surface area contributed by atoms with Gasteiger partial charge in [-0.05, 0) is 108 Å². The maximum Gasteiger partial charge on any atom is 0.410 e. The molecule has 0 bridgehead atoms.